The summed E-state index contributed by atoms with van der Waals surface area (Å²) in [6, 6.07) is 14.2. The Balaban J connectivity index is 1.51. The van der Waals surface area contributed by atoms with Crippen LogP contribution in [0.1, 0.15) is 18.2 Å². The minimum Gasteiger partial charge on any atom is -0.391 e. The van der Waals surface area contributed by atoms with Crippen LogP contribution in [0.15, 0.2) is 53.2 Å². The van der Waals surface area contributed by atoms with E-state index in [0.717, 1.165) is 16.3 Å². The first kappa shape index (κ1) is 16.3. The van der Waals surface area contributed by atoms with Gasteiger partial charge in [0.25, 0.3) is 0 Å². The van der Waals surface area contributed by atoms with Crippen molar-refractivity contribution in [1.29, 1.82) is 0 Å². The van der Waals surface area contributed by atoms with Gasteiger partial charge in [0.2, 0.25) is 0 Å². The van der Waals surface area contributed by atoms with E-state index in [0.29, 0.717) is 13.0 Å². The topological polar surface area (TPSA) is 45.2 Å². The molecule has 3 rings (SSSR count). The summed E-state index contributed by atoms with van der Waals surface area (Å²) < 4.78 is 0. The third-order valence-corrected chi connectivity index (χ3v) is 5.68. The van der Waals surface area contributed by atoms with Crippen molar-refractivity contribution in [3.05, 3.63) is 64.5 Å². The molecule has 0 aliphatic rings. The maximum Gasteiger partial charge on any atom is 0.133 e. The molecule has 2 unspecified atom stereocenters. The quantitative estimate of drug-likeness (QED) is 0.682. The van der Waals surface area contributed by atoms with Gasteiger partial charge in [-0.2, -0.15) is 0 Å². The minimum absolute atomic E-state index is 0.0158. The van der Waals surface area contributed by atoms with Gasteiger partial charge in [0, 0.05) is 18.0 Å². The van der Waals surface area contributed by atoms with Crippen LogP contribution in [0.2, 0.25) is 0 Å². The van der Waals surface area contributed by atoms with Gasteiger partial charge < -0.3 is 10.4 Å². The highest BCUT2D eigenvalue weighted by Gasteiger charge is 2.15. The summed E-state index contributed by atoms with van der Waals surface area (Å²) in [5, 5.41) is 18.9. The molecule has 1 aromatic carbocycles. The third kappa shape index (κ3) is 4.48. The lowest BCUT2D eigenvalue weighted by Crippen LogP contribution is -2.38. The van der Waals surface area contributed by atoms with Crippen molar-refractivity contribution in [3.63, 3.8) is 0 Å². The predicted octanol–water partition coefficient (Wildman–Crippen LogP) is 3.95. The molecule has 0 radical (unpaired) electrons. The first-order valence-electron chi connectivity index (χ1n) is 7.66. The van der Waals surface area contributed by atoms with Crippen molar-refractivity contribution in [2.24, 2.45) is 0 Å². The Bertz CT molecular complexity index is 710. The zero-order valence-corrected chi connectivity index (χ0v) is 14.6. The highest BCUT2D eigenvalue weighted by Crippen LogP contribution is 2.27. The zero-order chi connectivity index (χ0) is 16.1. The van der Waals surface area contributed by atoms with Crippen molar-refractivity contribution in [2.45, 2.75) is 32.0 Å². The number of aliphatic hydroxyl groups excluding tert-OH is 1. The third-order valence-electron chi connectivity index (χ3n) is 3.75. The van der Waals surface area contributed by atoms with Crippen LogP contribution in [0, 0.1) is 0 Å². The first-order valence-corrected chi connectivity index (χ1v) is 9.42. The van der Waals surface area contributed by atoms with Crippen molar-refractivity contribution in [3.8, 4) is 9.88 Å². The van der Waals surface area contributed by atoms with E-state index in [1.807, 2.05) is 43.3 Å². The second-order valence-electron chi connectivity index (χ2n) is 5.55. The number of hydrogen-bond acceptors (Lipinski definition) is 5. The molecule has 3 nitrogen and oxygen atoms in total. The maximum absolute atomic E-state index is 10.3. The molecule has 5 heteroatoms. The fraction of sp³-hybridized carbons (Fsp3) is 0.278. The number of hydrogen-bond donors (Lipinski definition) is 2. The zero-order valence-electron chi connectivity index (χ0n) is 13.0. The van der Waals surface area contributed by atoms with E-state index in [2.05, 4.69) is 27.1 Å². The van der Waals surface area contributed by atoms with Crippen molar-refractivity contribution in [1.82, 2.24) is 10.3 Å². The minimum atomic E-state index is -0.409. The lowest BCUT2D eigenvalue weighted by Gasteiger charge is -2.20. The second kappa shape index (κ2) is 7.84. The Labute approximate surface area is 144 Å². The number of aromatic nitrogens is 1. The summed E-state index contributed by atoms with van der Waals surface area (Å²) in [7, 11) is 0. The number of benzene rings is 1. The monoisotopic (exact) mass is 344 g/mol. The van der Waals surface area contributed by atoms with Crippen molar-refractivity contribution >= 4 is 22.7 Å². The normalized spacial score (nSPS) is 13.8. The molecule has 2 aromatic heterocycles. The van der Waals surface area contributed by atoms with Gasteiger partial charge in [0.15, 0.2) is 0 Å². The summed E-state index contributed by atoms with van der Waals surface area (Å²) >= 11 is 3.37. The molecule has 2 atom stereocenters. The first-order chi connectivity index (χ1) is 11.2. The average molecular weight is 345 g/mol. The SMILES string of the molecule is CC(NCc1csc(-c2cccs2)n1)C(O)Cc1ccccc1. The van der Waals surface area contributed by atoms with Gasteiger partial charge in [0.05, 0.1) is 16.7 Å². The Morgan fingerprint density at radius 2 is 1.96 bits per heavy atom. The van der Waals surface area contributed by atoms with Gasteiger partial charge >= 0.3 is 0 Å². The molecule has 0 amide bonds. The van der Waals surface area contributed by atoms with Gasteiger partial charge in [-0.05, 0) is 30.4 Å². The van der Waals surface area contributed by atoms with E-state index >= 15 is 0 Å². The molecule has 120 valence electrons. The highest BCUT2D eigenvalue weighted by molar-refractivity contribution is 7.20. The van der Waals surface area contributed by atoms with Crippen LogP contribution in [0.25, 0.3) is 9.88 Å². The van der Waals surface area contributed by atoms with Crippen LogP contribution in [0.4, 0.5) is 0 Å². The van der Waals surface area contributed by atoms with E-state index in [1.165, 1.54) is 4.88 Å². The number of nitrogens with zero attached hydrogens (tertiary/aromatic N) is 1. The van der Waals surface area contributed by atoms with Gasteiger partial charge in [-0.25, -0.2) is 4.98 Å². The highest BCUT2D eigenvalue weighted by atomic mass is 32.1. The largest absolute Gasteiger partial charge is 0.391 e. The Kier molecular flexibility index (Phi) is 5.56. The molecule has 0 saturated carbocycles. The average Bonchev–Trinajstić information content (AvgIpc) is 3.24. The molecule has 0 aliphatic heterocycles. The molecular weight excluding hydrogens is 324 g/mol. The molecular formula is C18H20N2OS2. The maximum atomic E-state index is 10.3. The number of thiazole rings is 1. The number of nitrogens with one attached hydrogen (secondary N) is 1. The Morgan fingerprint density at radius 1 is 1.13 bits per heavy atom. The van der Waals surface area contributed by atoms with Gasteiger partial charge in [-0.15, -0.1) is 22.7 Å². The standard InChI is InChI=1S/C18H20N2OS2/c1-13(16(21)10-14-6-3-2-4-7-14)19-11-15-12-23-18(20-15)17-8-5-9-22-17/h2-9,12-13,16,19,21H,10-11H2,1H3. The molecule has 0 spiro atoms. The van der Waals surface area contributed by atoms with Crippen molar-refractivity contribution < 1.29 is 5.11 Å². The lowest BCUT2D eigenvalue weighted by atomic mass is 10.0. The van der Waals surface area contributed by atoms with Crippen LogP contribution in [0.3, 0.4) is 0 Å². The lowest BCUT2D eigenvalue weighted by molar-refractivity contribution is 0.134. The van der Waals surface area contributed by atoms with E-state index in [4.69, 9.17) is 0 Å². The van der Waals surface area contributed by atoms with Crippen LogP contribution in [-0.4, -0.2) is 22.2 Å². The smallest absolute Gasteiger partial charge is 0.133 e. The summed E-state index contributed by atoms with van der Waals surface area (Å²) in [5.74, 6) is 0. The van der Waals surface area contributed by atoms with Crippen molar-refractivity contribution in [2.75, 3.05) is 0 Å². The van der Waals surface area contributed by atoms with E-state index in [1.54, 1.807) is 22.7 Å². The van der Waals surface area contributed by atoms with Crippen LogP contribution in [0.5, 0.6) is 0 Å². The number of aliphatic hydroxyl groups is 1. The van der Waals surface area contributed by atoms with Gasteiger partial charge in [-0.3, -0.25) is 0 Å². The molecule has 23 heavy (non-hydrogen) atoms. The molecule has 0 aliphatic carbocycles. The van der Waals surface area contributed by atoms with Crippen LogP contribution >= 0.6 is 22.7 Å². The summed E-state index contributed by atoms with van der Waals surface area (Å²) in [6.07, 6.45) is 0.250. The van der Waals surface area contributed by atoms with Gasteiger partial charge in [-0.1, -0.05) is 36.4 Å². The van der Waals surface area contributed by atoms with E-state index in [-0.39, 0.29) is 6.04 Å². The second-order valence-corrected chi connectivity index (χ2v) is 7.35. The number of thiophene rings is 1. The van der Waals surface area contributed by atoms with Crippen LogP contribution < -0.4 is 5.32 Å². The molecule has 2 heterocycles. The molecule has 0 saturated heterocycles. The number of rotatable bonds is 7. The molecule has 2 N–H and O–H groups in total. The van der Waals surface area contributed by atoms with Gasteiger partial charge in [0.1, 0.15) is 5.01 Å². The fourth-order valence-corrected chi connectivity index (χ4v) is 3.97. The summed E-state index contributed by atoms with van der Waals surface area (Å²) in [6.45, 7) is 2.69. The van der Waals surface area contributed by atoms with E-state index in [9.17, 15) is 5.11 Å². The fourth-order valence-electron chi connectivity index (χ4n) is 2.34. The van der Waals surface area contributed by atoms with Crippen LogP contribution in [-0.2, 0) is 13.0 Å². The Morgan fingerprint density at radius 3 is 2.70 bits per heavy atom. The summed E-state index contributed by atoms with van der Waals surface area (Å²) in [5.41, 5.74) is 2.18. The van der Waals surface area contributed by atoms with E-state index < -0.39 is 6.10 Å². The Hall–Kier alpha value is -1.53. The summed E-state index contributed by atoms with van der Waals surface area (Å²) in [4.78, 5) is 5.86. The predicted molar refractivity (Wildman–Crippen MR) is 97.9 cm³/mol. The molecule has 0 bridgehead atoms. The molecule has 0 fully saturated rings. The molecule has 3 aromatic rings.